The second-order valence-electron chi connectivity index (χ2n) is 18.2. The van der Waals surface area contributed by atoms with E-state index in [1.54, 1.807) is 22.7 Å². The monoisotopic (exact) mass is 773 g/mol. The smallest absolute Gasteiger partial charge is 0.222 e. The molecule has 1 aliphatic rings. The van der Waals surface area contributed by atoms with Crippen LogP contribution in [0.5, 0.6) is 0 Å². The van der Waals surface area contributed by atoms with Gasteiger partial charge in [0.15, 0.2) is 36.8 Å². The lowest BCUT2D eigenvalue weighted by Gasteiger charge is -2.44. The molecule has 1 aliphatic heterocycles. The number of thiophene rings is 2. The lowest BCUT2D eigenvalue weighted by Crippen LogP contribution is -2.54. The molecule has 0 aliphatic carbocycles. The molecule has 4 atom stereocenters. The van der Waals surface area contributed by atoms with Gasteiger partial charge in [-0.3, -0.25) is 4.57 Å². The molecule has 0 bridgehead atoms. The van der Waals surface area contributed by atoms with Gasteiger partial charge in [0.25, 0.3) is 0 Å². The Labute approximate surface area is 310 Å². The average Bonchev–Trinajstić information content (AvgIpc) is 3.77. The van der Waals surface area contributed by atoms with Crippen LogP contribution in [-0.2, 0) is 18.0 Å². The van der Waals surface area contributed by atoms with E-state index in [0.29, 0.717) is 23.5 Å². The first kappa shape index (κ1) is 39.4. The Kier molecular flexibility index (Phi) is 10.7. The van der Waals surface area contributed by atoms with E-state index in [9.17, 15) is 0 Å². The SMILES string of the molecule is CC(C)(C)[Si](C)(C)OC[C@H]1O[C@@H](n2cnc3c(-c4ccc(-c5cccs5)s4)nc(N)nc32)[C@H](O[Si](C)(C)C(C)(C)C)[C@@H]1O[Si](C)(C)C(C)(C)C. The van der Waals surface area contributed by atoms with E-state index >= 15 is 0 Å². The van der Waals surface area contributed by atoms with Crippen LogP contribution in [0, 0.1) is 0 Å². The van der Waals surface area contributed by atoms with Crippen LogP contribution < -0.4 is 5.73 Å². The molecule has 4 aromatic rings. The quantitative estimate of drug-likeness (QED) is 0.159. The predicted octanol–water partition coefficient (Wildman–Crippen LogP) is 10.6. The molecule has 5 heterocycles. The molecule has 50 heavy (non-hydrogen) atoms. The third-order valence-electron chi connectivity index (χ3n) is 11.5. The van der Waals surface area contributed by atoms with Gasteiger partial charge >= 0.3 is 0 Å². The van der Waals surface area contributed by atoms with Crippen molar-refractivity contribution in [3.63, 3.8) is 0 Å². The van der Waals surface area contributed by atoms with Gasteiger partial charge in [0, 0.05) is 9.75 Å². The number of rotatable bonds is 10. The number of fused-ring (bicyclic) bond motifs is 1. The van der Waals surface area contributed by atoms with Gasteiger partial charge < -0.3 is 23.7 Å². The molecule has 0 unspecified atom stereocenters. The van der Waals surface area contributed by atoms with Gasteiger partial charge in [0.1, 0.15) is 29.5 Å². The Hall–Kier alpha value is -1.76. The average molecular weight is 774 g/mol. The number of imidazole rings is 1. The normalized spacial score (nSPS) is 21.4. The minimum absolute atomic E-state index is 0.0155. The van der Waals surface area contributed by atoms with Gasteiger partial charge in [-0.05, 0) is 78.0 Å². The number of hydrogen-bond acceptors (Lipinski definition) is 10. The van der Waals surface area contributed by atoms with Crippen molar-refractivity contribution in [2.45, 2.75) is 141 Å². The Morgan fingerprint density at radius 3 is 1.92 bits per heavy atom. The van der Waals surface area contributed by atoms with Gasteiger partial charge in [0.2, 0.25) is 5.95 Å². The van der Waals surface area contributed by atoms with Crippen LogP contribution in [0.2, 0.25) is 54.4 Å². The Morgan fingerprint density at radius 2 is 1.36 bits per heavy atom. The van der Waals surface area contributed by atoms with Gasteiger partial charge in [-0.25, -0.2) is 9.97 Å². The summed E-state index contributed by atoms with van der Waals surface area (Å²) in [6.07, 6.45) is 0.0936. The number of nitrogens with zero attached hydrogens (tertiary/aromatic N) is 4. The summed E-state index contributed by atoms with van der Waals surface area (Å²) in [6.45, 7) is 34.6. The molecule has 0 radical (unpaired) electrons. The molecule has 14 heteroatoms. The Balaban J connectivity index is 1.63. The molecule has 0 saturated carbocycles. The van der Waals surface area contributed by atoms with Crippen molar-refractivity contribution >= 4 is 64.7 Å². The lowest BCUT2D eigenvalue weighted by molar-refractivity contribution is -0.0470. The fourth-order valence-corrected chi connectivity index (χ4v) is 10.6. The molecule has 0 spiro atoms. The highest BCUT2D eigenvalue weighted by atomic mass is 32.1. The number of anilines is 1. The fourth-order valence-electron chi connectivity index (χ4n) is 5.18. The number of hydrogen-bond donors (Lipinski definition) is 1. The molecule has 2 N–H and O–H groups in total. The van der Waals surface area contributed by atoms with Crippen LogP contribution in [0.4, 0.5) is 5.95 Å². The van der Waals surface area contributed by atoms with Crippen LogP contribution in [0.25, 0.3) is 31.5 Å². The predicted molar refractivity (Wildman–Crippen MR) is 218 cm³/mol. The first-order valence-corrected chi connectivity index (χ1v) is 28.0. The standard InChI is InChI=1S/C36H59N5O4S2Si3/c1-34(2,3)48(10,11)42-21-23-29(44-49(12,13)35(4,5)6)30(45-50(14,15)36(7,8)9)32(43-23)41-22-38-28-27(39-33(37)40-31(28)41)26-19-18-25(47-26)24-17-16-20-46-24/h16-20,22-23,29-30,32H,21H2,1-15H3,(H2,37,39,40)/t23-,29-,30-,32-/m1/s1. The molecule has 1 fully saturated rings. The molecular weight excluding hydrogens is 715 g/mol. The molecule has 0 amide bonds. The first-order valence-electron chi connectivity index (χ1n) is 17.6. The van der Waals surface area contributed by atoms with E-state index in [2.05, 4.69) is 131 Å². The van der Waals surface area contributed by atoms with Crippen LogP contribution >= 0.6 is 22.7 Å². The zero-order valence-corrected chi connectivity index (χ0v) is 37.4. The highest BCUT2D eigenvalue weighted by Crippen LogP contribution is 2.47. The van der Waals surface area contributed by atoms with Crippen molar-refractivity contribution in [1.82, 2.24) is 19.5 Å². The summed E-state index contributed by atoms with van der Waals surface area (Å²) < 4.78 is 30.7. The third-order valence-corrected chi connectivity index (χ3v) is 27.1. The third kappa shape index (κ3) is 7.79. The van der Waals surface area contributed by atoms with Crippen molar-refractivity contribution in [2.24, 2.45) is 0 Å². The van der Waals surface area contributed by atoms with Crippen LogP contribution in [0.15, 0.2) is 36.0 Å². The van der Waals surface area contributed by atoms with Crippen LogP contribution in [-0.4, -0.2) is 69.4 Å². The largest absolute Gasteiger partial charge is 0.414 e. The maximum Gasteiger partial charge on any atom is 0.222 e. The molecule has 9 nitrogen and oxygen atoms in total. The summed E-state index contributed by atoms with van der Waals surface area (Å²) in [7, 11) is -6.74. The molecule has 1 saturated heterocycles. The van der Waals surface area contributed by atoms with E-state index in [0.717, 1.165) is 4.88 Å². The number of nitrogens with two attached hydrogens (primary N) is 1. The van der Waals surface area contributed by atoms with Crippen LogP contribution in [0.1, 0.15) is 68.5 Å². The van der Waals surface area contributed by atoms with E-state index in [1.807, 2.05) is 10.9 Å². The zero-order chi connectivity index (χ0) is 37.2. The van der Waals surface area contributed by atoms with Crippen LogP contribution in [0.3, 0.4) is 0 Å². The summed E-state index contributed by atoms with van der Waals surface area (Å²) in [5.74, 6) is 0.187. The van der Waals surface area contributed by atoms with Crippen molar-refractivity contribution in [2.75, 3.05) is 12.3 Å². The highest BCUT2D eigenvalue weighted by Gasteiger charge is 2.55. The van der Waals surface area contributed by atoms with E-state index < -0.39 is 37.3 Å². The summed E-state index contributed by atoms with van der Waals surface area (Å²) in [5.41, 5.74) is 8.46. The maximum absolute atomic E-state index is 7.39. The fraction of sp³-hybridized carbons (Fsp3) is 0.639. The van der Waals surface area contributed by atoms with E-state index in [4.69, 9.17) is 38.7 Å². The Bertz CT molecular complexity index is 1790. The molecule has 0 aromatic carbocycles. The first-order chi connectivity index (χ1) is 22.8. The van der Waals surface area contributed by atoms with E-state index in [-0.39, 0.29) is 33.3 Å². The van der Waals surface area contributed by atoms with Crippen molar-refractivity contribution in [1.29, 1.82) is 0 Å². The number of nitrogen functional groups attached to an aromatic ring is 1. The zero-order valence-electron chi connectivity index (χ0n) is 32.8. The van der Waals surface area contributed by atoms with Crippen molar-refractivity contribution in [3.8, 4) is 20.3 Å². The number of aromatic nitrogens is 4. The van der Waals surface area contributed by atoms with Gasteiger partial charge in [0.05, 0.1) is 17.8 Å². The second-order valence-corrected chi connectivity index (χ2v) is 34.6. The minimum atomic E-state index is -2.34. The molecular formula is C36H59N5O4S2Si3. The summed E-state index contributed by atoms with van der Waals surface area (Å²) >= 11 is 3.40. The van der Waals surface area contributed by atoms with Crippen molar-refractivity contribution in [3.05, 3.63) is 36.0 Å². The summed E-state index contributed by atoms with van der Waals surface area (Å²) in [5, 5.41) is 2.09. The Morgan fingerprint density at radius 1 is 0.780 bits per heavy atom. The highest BCUT2D eigenvalue weighted by molar-refractivity contribution is 7.23. The summed E-state index contributed by atoms with van der Waals surface area (Å²) in [4.78, 5) is 17.8. The minimum Gasteiger partial charge on any atom is -0.414 e. The number of ether oxygens (including phenoxy) is 1. The molecule has 276 valence electrons. The van der Waals surface area contributed by atoms with Crippen molar-refractivity contribution < 1.29 is 18.0 Å². The second kappa shape index (κ2) is 13.6. The topological polar surface area (TPSA) is 107 Å². The lowest BCUT2D eigenvalue weighted by atomic mass is 10.1. The van der Waals surface area contributed by atoms with Gasteiger partial charge in [-0.1, -0.05) is 68.4 Å². The molecule has 4 aromatic heterocycles. The van der Waals surface area contributed by atoms with Gasteiger partial charge in [-0.2, -0.15) is 4.98 Å². The maximum atomic E-state index is 7.39. The van der Waals surface area contributed by atoms with Gasteiger partial charge in [-0.15, -0.1) is 22.7 Å². The van der Waals surface area contributed by atoms with E-state index in [1.165, 1.54) is 9.75 Å². The summed E-state index contributed by atoms with van der Waals surface area (Å²) in [6, 6.07) is 8.42. The molecule has 5 rings (SSSR count).